The molecule has 11 nitrogen and oxygen atoms in total. The number of aromatic nitrogens is 1. The highest BCUT2D eigenvalue weighted by Gasteiger charge is 2.17. The number of pyridine rings is 1. The molecule has 0 aliphatic carbocycles. The molecular formula is C24H34N8O3. The summed E-state index contributed by atoms with van der Waals surface area (Å²) < 4.78 is 5.54. The molecule has 188 valence electrons. The lowest BCUT2D eigenvalue weighted by Gasteiger charge is -2.25. The van der Waals surface area contributed by atoms with Crippen LogP contribution in [-0.4, -0.2) is 54.0 Å². The first-order chi connectivity index (χ1) is 17.0. The minimum Gasteiger partial charge on any atom is -0.423 e. The number of anilines is 2. The van der Waals surface area contributed by atoms with Crippen LogP contribution in [0.1, 0.15) is 38.5 Å². The number of piperidine rings is 1. The number of hydrogen-bond donors (Lipinski definition) is 4. The van der Waals surface area contributed by atoms with Gasteiger partial charge in [-0.1, -0.05) is 25.0 Å². The molecular weight excluding hydrogens is 448 g/mol. The van der Waals surface area contributed by atoms with E-state index in [-0.39, 0.29) is 30.1 Å². The van der Waals surface area contributed by atoms with Gasteiger partial charge in [-0.3, -0.25) is 14.5 Å². The fourth-order valence-corrected chi connectivity index (χ4v) is 3.67. The van der Waals surface area contributed by atoms with Gasteiger partial charge in [-0.05, 0) is 69.6 Å². The van der Waals surface area contributed by atoms with Gasteiger partial charge in [0.25, 0.3) is 0 Å². The molecule has 1 fully saturated rings. The van der Waals surface area contributed by atoms with Gasteiger partial charge in [0.15, 0.2) is 11.6 Å². The second kappa shape index (κ2) is 13.5. The highest BCUT2D eigenvalue weighted by atomic mass is 16.5. The van der Waals surface area contributed by atoms with Crippen LogP contribution >= 0.6 is 0 Å². The van der Waals surface area contributed by atoms with E-state index in [4.69, 9.17) is 21.9 Å². The summed E-state index contributed by atoms with van der Waals surface area (Å²) >= 11 is 0. The maximum Gasteiger partial charge on any atom is 0.325 e. The molecule has 35 heavy (non-hydrogen) atoms. The fraction of sp³-hybridized carbons (Fsp3) is 0.458. The standard InChI is InChI=1S/C24H34N8O3/c25-13-5-4-8-17(26)24(34)29-21-12-11-19(23(27)28-21)31-30-18-9-2-3-10-20(18)35-22(33)16-32-14-6-1-7-15-32/h2-3,9-12,17H,1,4-8,13-16,25-26H2,(H3,27,28,29,34)/t17-/m0/s1. The third-order valence-electron chi connectivity index (χ3n) is 5.62. The number of esters is 1. The van der Waals surface area contributed by atoms with Crippen LogP contribution < -0.4 is 27.3 Å². The summed E-state index contributed by atoms with van der Waals surface area (Å²) in [5.74, 6) is -0.00598. The molecule has 1 aliphatic rings. The van der Waals surface area contributed by atoms with Crippen molar-refractivity contribution in [1.29, 1.82) is 0 Å². The molecule has 7 N–H and O–H groups in total. The Hall–Kier alpha value is -3.41. The number of carbonyl (C=O) groups excluding carboxylic acids is 2. The number of ether oxygens (including phenoxy) is 1. The smallest absolute Gasteiger partial charge is 0.325 e. The van der Waals surface area contributed by atoms with Crippen molar-refractivity contribution in [1.82, 2.24) is 9.88 Å². The van der Waals surface area contributed by atoms with Crippen LogP contribution in [-0.2, 0) is 9.59 Å². The monoisotopic (exact) mass is 482 g/mol. The largest absolute Gasteiger partial charge is 0.423 e. The predicted molar refractivity (Wildman–Crippen MR) is 135 cm³/mol. The number of carbonyl (C=O) groups is 2. The Bertz CT molecular complexity index is 1020. The number of hydrogen-bond acceptors (Lipinski definition) is 10. The SMILES string of the molecule is NCCCC[C@H](N)C(=O)Nc1ccc(N=Nc2ccccc2OC(=O)CN2CCCCC2)c(N)n1. The van der Waals surface area contributed by atoms with Crippen molar-refractivity contribution in [3.8, 4) is 5.75 Å². The lowest BCUT2D eigenvalue weighted by molar-refractivity contribution is -0.135. The average Bonchev–Trinajstić information content (AvgIpc) is 2.85. The maximum absolute atomic E-state index is 12.4. The average molecular weight is 483 g/mol. The Morgan fingerprint density at radius 2 is 1.80 bits per heavy atom. The number of benzene rings is 1. The Balaban J connectivity index is 1.60. The third-order valence-corrected chi connectivity index (χ3v) is 5.62. The third kappa shape index (κ3) is 8.39. The number of unbranched alkanes of at least 4 members (excludes halogenated alkanes) is 1. The van der Waals surface area contributed by atoms with Gasteiger partial charge in [0.2, 0.25) is 5.91 Å². The molecule has 2 heterocycles. The zero-order valence-electron chi connectivity index (χ0n) is 19.9. The van der Waals surface area contributed by atoms with Crippen LogP contribution in [0.3, 0.4) is 0 Å². The van der Waals surface area contributed by atoms with Crippen molar-refractivity contribution < 1.29 is 14.3 Å². The van der Waals surface area contributed by atoms with Crippen LogP contribution in [0.4, 0.5) is 23.0 Å². The van der Waals surface area contributed by atoms with Crippen molar-refractivity contribution in [2.45, 2.75) is 44.6 Å². The van der Waals surface area contributed by atoms with Crippen LogP contribution in [0.25, 0.3) is 0 Å². The van der Waals surface area contributed by atoms with E-state index in [0.717, 1.165) is 38.8 Å². The van der Waals surface area contributed by atoms with E-state index in [1.54, 1.807) is 36.4 Å². The quantitative estimate of drug-likeness (QED) is 0.164. The number of likely N-dealkylation sites (tertiary alicyclic amines) is 1. The molecule has 3 rings (SSSR count). The minimum absolute atomic E-state index is 0.0860. The van der Waals surface area contributed by atoms with E-state index < -0.39 is 6.04 Å². The Morgan fingerprint density at radius 3 is 2.54 bits per heavy atom. The molecule has 2 aromatic rings. The first-order valence-corrected chi connectivity index (χ1v) is 11.9. The van der Waals surface area contributed by atoms with E-state index in [1.807, 2.05) is 0 Å². The van der Waals surface area contributed by atoms with E-state index in [2.05, 4.69) is 25.4 Å². The van der Waals surface area contributed by atoms with Crippen molar-refractivity contribution in [2.75, 3.05) is 37.2 Å². The maximum atomic E-state index is 12.4. The van der Waals surface area contributed by atoms with Crippen molar-refractivity contribution >= 4 is 34.9 Å². The van der Waals surface area contributed by atoms with Gasteiger partial charge < -0.3 is 27.3 Å². The van der Waals surface area contributed by atoms with Gasteiger partial charge in [0.05, 0.1) is 12.6 Å². The van der Waals surface area contributed by atoms with Crippen LogP contribution in [0, 0.1) is 0 Å². The highest BCUT2D eigenvalue weighted by Crippen LogP contribution is 2.30. The van der Waals surface area contributed by atoms with E-state index in [1.165, 1.54) is 6.42 Å². The molecule has 1 atom stereocenters. The molecule has 1 amide bonds. The Morgan fingerprint density at radius 1 is 1.06 bits per heavy atom. The van der Waals surface area contributed by atoms with Gasteiger partial charge in [-0.15, -0.1) is 10.2 Å². The number of amides is 1. The number of nitrogens with one attached hydrogen (secondary N) is 1. The molecule has 0 unspecified atom stereocenters. The number of nitrogens with two attached hydrogens (primary N) is 3. The normalized spacial score (nSPS) is 15.1. The molecule has 0 bridgehead atoms. The fourth-order valence-electron chi connectivity index (χ4n) is 3.67. The van der Waals surface area contributed by atoms with Gasteiger partial charge >= 0.3 is 5.97 Å². The van der Waals surface area contributed by atoms with Gasteiger partial charge in [-0.2, -0.15) is 0 Å². The van der Waals surface area contributed by atoms with Crippen molar-refractivity contribution in [3.05, 3.63) is 36.4 Å². The summed E-state index contributed by atoms with van der Waals surface area (Å²) in [7, 11) is 0. The van der Waals surface area contributed by atoms with Gasteiger partial charge in [-0.25, -0.2) is 4.98 Å². The summed E-state index contributed by atoms with van der Waals surface area (Å²) in [6.45, 7) is 2.61. The molecule has 1 aromatic heterocycles. The van der Waals surface area contributed by atoms with Crippen LogP contribution in [0.5, 0.6) is 5.75 Å². The molecule has 1 aromatic carbocycles. The Labute approximate surface area is 205 Å². The first-order valence-electron chi connectivity index (χ1n) is 11.9. The van der Waals surface area contributed by atoms with E-state index in [9.17, 15) is 9.59 Å². The molecule has 1 saturated heterocycles. The second-order valence-electron chi connectivity index (χ2n) is 8.46. The zero-order valence-corrected chi connectivity index (χ0v) is 19.9. The lowest BCUT2D eigenvalue weighted by Crippen LogP contribution is -2.36. The second-order valence-corrected chi connectivity index (χ2v) is 8.46. The highest BCUT2D eigenvalue weighted by molar-refractivity contribution is 5.94. The van der Waals surface area contributed by atoms with Crippen molar-refractivity contribution in [3.63, 3.8) is 0 Å². The summed E-state index contributed by atoms with van der Waals surface area (Å²) in [5.41, 5.74) is 18.1. The summed E-state index contributed by atoms with van der Waals surface area (Å²) in [4.78, 5) is 30.9. The summed E-state index contributed by atoms with van der Waals surface area (Å²) in [6.07, 6.45) is 5.51. The van der Waals surface area contributed by atoms with Crippen LogP contribution in [0.15, 0.2) is 46.6 Å². The van der Waals surface area contributed by atoms with Crippen molar-refractivity contribution in [2.24, 2.45) is 21.7 Å². The number of rotatable bonds is 11. The van der Waals surface area contributed by atoms with Gasteiger partial charge in [0.1, 0.15) is 17.2 Å². The Kier molecular flexibility index (Phi) is 10.1. The lowest BCUT2D eigenvalue weighted by atomic mass is 10.1. The molecule has 11 heteroatoms. The molecule has 0 saturated carbocycles. The summed E-state index contributed by atoms with van der Waals surface area (Å²) in [5, 5.41) is 11.0. The first kappa shape index (κ1) is 26.2. The van der Waals surface area contributed by atoms with Gasteiger partial charge in [0, 0.05) is 0 Å². The van der Waals surface area contributed by atoms with E-state index >= 15 is 0 Å². The molecule has 0 spiro atoms. The molecule has 1 aliphatic heterocycles. The summed E-state index contributed by atoms with van der Waals surface area (Å²) in [6, 6.07) is 9.39. The number of azo groups is 1. The number of nitrogen functional groups attached to an aromatic ring is 1. The number of para-hydroxylation sites is 1. The zero-order chi connectivity index (χ0) is 25.0. The minimum atomic E-state index is -0.655. The predicted octanol–water partition coefficient (Wildman–Crippen LogP) is 2.87. The van der Waals surface area contributed by atoms with Crippen LogP contribution in [0.2, 0.25) is 0 Å². The molecule has 0 radical (unpaired) electrons. The number of nitrogens with zero attached hydrogens (tertiary/aromatic N) is 4. The topological polar surface area (TPSA) is 174 Å². The van der Waals surface area contributed by atoms with E-state index in [0.29, 0.717) is 30.1 Å².